The fourth-order valence-corrected chi connectivity index (χ4v) is 19.6. The van der Waals surface area contributed by atoms with E-state index in [1.807, 2.05) is 36.4 Å². The van der Waals surface area contributed by atoms with Crippen molar-refractivity contribution in [3.05, 3.63) is 304 Å². The number of allylic oxidation sites excluding steroid dienone is 1. The number of nitrogens with zero attached hydrogens (tertiary/aromatic N) is 2. The highest BCUT2D eigenvalue weighted by molar-refractivity contribution is 5.88. The smallest absolute Gasteiger partial charge is 0.115 e. The summed E-state index contributed by atoms with van der Waals surface area (Å²) in [7, 11) is 0. The van der Waals surface area contributed by atoms with Crippen molar-refractivity contribution in [3.63, 3.8) is 0 Å². The van der Waals surface area contributed by atoms with Crippen LogP contribution in [0.3, 0.4) is 0 Å². The molecule has 103 heavy (non-hydrogen) atoms. The van der Waals surface area contributed by atoms with E-state index < -0.39 is 5.41 Å². The quantitative estimate of drug-likeness (QED) is 0.0570. The van der Waals surface area contributed by atoms with Gasteiger partial charge < -0.3 is 30.2 Å². The third kappa shape index (κ3) is 14.4. The van der Waals surface area contributed by atoms with Crippen LogP contribution in [0.15, 0.2) is 254 Å². The molecular weight excluding hydrogens is 1260 g/mol. The van der Waals surface area contributed by atoms with Gasteiger partial charge in [0.1, 0.15) is 17.2 Å². The van der Waals surface area contributed by atoms with Crippen molar-refractivity contribution in [3.8, 4) is 28.4 Å². The second kappa shape index (κ2) is 29.6. The summed E-state index contributed by atoms with van der Waals surface area (Å²) >= 11 is 0. The SMILES string of the molecule is CC(C)(c1ccc(O)cc1)c1ccc(C(C)(c2ccc(O)cc2)c2ccc(O)cc2)cc1.CC(C)CCCC(C)C1CCC2C3CC=C4CC(O)CCC4(C)C3CCC12C.Cc1cccc(N(c2ccccc2)c2ccc3c(c2)C(C)(C)c2cc(N(c4ccccc4)c4cccc(C)c4)ccc2-3)c1. The van der Waals surface area contributed by atoms with E-state index in [4.69, 9.17) is 0 Å². The van der Waals surface area contributed by atoms with Crippen molar-refractivity contribution in [2.45, 2.75) is 176 Å². The first-order chi connectivity index (χ1) is 49.4. The number of benzene rings is 10. The zero-order valence-electron chi connectivity index (χ0n) is 63.2. The monoisotopic (exact) mass is 1370 g/mol. The van der Waals surface area contributed by atoms with E-state index in [2.05, 4.69) is 269 Å². The Morgan fingerprint density at radius 1 is 0.447 bits per heavy atom. The number of phenols is 3. The standard InChI is InChI=1S/C41H36N2.C29H28O3.C27H46O/c1-29-13-11-19-33(25-29)42(31-15-7-5-8-16-31)35-21-23-37-38-24-22-36(28-40(38)41(3,4)39(37)27-35)43(32-17-9-6-10-18-32)34-20-12-14-30(2)26-34;1-28(2,21-8-14-25(30)15-9-21)20-4-6-22(7-5-20)29(3,23-10-16-26(31)17-11-23)24-12-18-27(32)19-13-24;1-18(2)7-6-8-19(3)23-11-12-24-22-10-9-20-17-21(28)13-15-26(20,4)25(22)14-16-27(23,24)5/h5-28H,1-4H3;4-19,30-32H,1-3H3;9,18-19,21-25,28H,6-8,10-17H2,1-5H3. The summed E-state index contributed by atoms with van der Waals surface area (Å²) in [6.07, 6.45) is 17.2. The lowest BCUT2D eigenvalue weighted by Gasteiger charge is -2.58. The summed E-state index contributed by atoms with van der Waals surface area (Å²) in [6.45, 7) is 28.1. The van der Waals surface area contributed by atoms with E-state index in [1.54, 1.807) is 42.0 Å². The van der Waals surface area contributed by atoms with Crippen LogP contribution in [-0.2, 0) is 16.2 Å². The van der Waals surface area contributed by atoms with Gasteiger partial charge in [-0.3, -0.25) is 0 Å². The minimum atomic E-state index is -0.470. The lowest BCUT2D eigenvalue weighted by molar-refractivity contribution is -0.0573. The molecule has 0 radical (unpaired) electrons. The van der Waals surface area contributed by atoms with Gasteiger partial charge in [-0.1, -0.05) is 227 Å². The van der Waals surface area contributed by atoms with Crippen molar-refractivity contribution in [1.82, 2.24) is 0 Å². The summed E-state index contributed by atoms with van der Waals surface area (Å²) in [6, 6.07) is 83.4. The lowest BCUT2D eigenvalue weighted by Crippen LogP contribution is -2.50. The first-order valence-electron chi connectivity index (χ1n) is 38.4. The normalized spacial score (nSPS) is 21.7. The van der Waals surface area contributed by atoms with Crippen molar-refractivity contribution >= 4 is 34.1 Å². The molecule has 532 valence electrons. The molecule has 8 atom stereocenters. The van der Waals surface area contributed by atoms with Gasteiger partial charge in [0, 0.05) is 50.4 Å². The zero-order valence-corrected chi connectivity index (χ0v) is 63.2. The number of hydrogen-bond donors (Lipinski definition) is 4. The van der Waals surface area contributed by atoms with E-state index in [-0.39, 0.29) is 34.2 Å². The molecule has 15 rings (SSSR count). The molecule has 6 nitrogen and oxygen atoms in total. The van der Waals surface area contributed by atoms with Gasteiger partial charge in [-0.2, -0.15) is 0 Å². The molecular formula is C97H110N2O4. The number of aliphatic hydroxyl groups excluding tert-OH is 1. The maximum atomic E-state index is 10.2. The number of fused-ring (bicyclic) bond motifs is 8. The first kappa shape index (κ1) is 72.3. The predicted octanol–water partition coefficient (Wildman–Crippen LogP) is 25.4. The summed E-state index contributed by atoms with van der Waals surface area (Å²) < 4.78 is 0. The lowest BCUT2D eigenvalue weighted by atomic mass is 9.47. The molecule has 0 amide bonds. The minimum Gasteiger partial charge on any atom is -0.508 e. The van der Waals surface area contributed by atoms with Crippen LogP contribution in [0.1, 0.15) is 190 Å². The van der Waals surface area contributed by atoms with Crippen LogP contribution in [0.2, 0.25) is 0 Å². The molecule has 4 N–H and O–H groups in total. The number of aryl methyl sites for hydroxylation is 2. The number of aromatic hydroxyl groups is 3. The molecule has 8 unspecified atom stereocenters. The van der Waals surface area contributed by atoms with Crippen LogP contribution in [0.4, 0.5) is 34.1 Å². The maximum absolute atomic E-state index is 10.2. The van der Waals surface area contributed by atoms with Crippen molar-refractivity contribution in [1.29, 1.82) is 0 Å². The average molecular weight is 1370 g/mol. The Labute approximate surface area is 615 Å². The molecule has 0 aromatic heterocycles. The van der Waals surface area contributed by atoms with Crippen molar-refractivity contribution in [2.75, 3.05) is 9.80 Å². The van der Waals surface area contributed by atoms with Gasteiger partial charge in [-0.05, 0) is 289 Å². The Balaban J connectivity index is 0.000000142. The summed E-state index contributed by atoms with van der Waals surface area (Å²) in [4.78, 5) is 4.74. The van der Waals surface area contributed by atoms with Crippen LogP contribution < -0.4 is 9.80 Å². The molecule has 3 saturated carbocycles. The Kier molecular flexibility index (Phi) is 20.7. The Bertz CT molecular complexity index is 4390. The molecule has 0 spiro atoms. The highest BCUT2D eigenvalue weighted by Crippen LogP contribution is 2.67. The van der Waals surface area contributed by atoms with E-state index in [0.29, 0.717) is 10.8 Å². The molecule has 6 heteroatoms. The highest BCUT2D eigenvalue weighted by Gasteiger charge is 2.59. The summed E-state index contributed by atoms with van der Waals surface area (Å²) in [5, 5.41) is 39.5. The zero-order chi connectivity index (χ0) is 72.6. The molecule has 3 fully saturated rings. The molecule has 5 aliphatic rings. The molecule has 10 aromatic rings. The average Bonchev–Trinajstić information content (AvgIpc) is 1.67. The molecule has 0 heterocycles. The fraction of sp³-hybridized carbons (Fsp3) is 0.361. The number of phenolic OH excluding ortho intramolecular Hbond substituents is 3. The predicted molar refractivity (Wildman–Crippen MR) is 430 cm³/mol. The van der Waals surface area contributed by atoms with Crippen molar-refractivity contribution in [2.24, 2.45) is 46.3 Å². The number of hydrogen-bond acceptors (Lipinski definition) is 6. The number of aliphatic hydroxyl groups is 1. The fourth-order valence-electron chi connectivity index (χ4n) is 19.6. The molecule has 0 saturated heterocycles. The van der Waals surface area contributed by atoms with Gasteiger partial charge in [0.05, 0.1) is 6.10 Å². The number of rotatable bonds is 16. The van der Waals surface area contributed by atoms with Gasteiger partial charge in [0.2, 0.25) is 0 Å². The number of anilines is 6. The Morgan fingerprint density at radius 3 is 1.35 bits per heavy atom. The van der Waals surface area contributed by atoms with E-state index in [9.17, 15) is 20.4 Å². The molecule has 5 aliphatic carbocycles. The second-order valence-electron chi connectivity index (χ2n) is 33.3. The Morgan fingerprint density at radius 2 is 0.883 bits per heavy atom. The third-order valence-electron chi connectivity index (χ3n) is 25.6. The van der Waals surface area contributed by atoms with Crippen molar-refractivity contribution < 1.29 is 20.4 Å². The maximum Gasteiger partial charge on any atom is 0.115 e. The molecule has 0 bridgehead atoms. The van der Waals surface area contributed by atoms with Gasteiger partial charge in [0.15, 0.2) is 0 Å². The summed E-state index contributed by atoms with van der Waals surface area (Å²) in [5.74, 6) is 6.18. The van der Waals surface area contributed by atoms with Crippen LogP contribution >= 0.6 is 0 Å². The largest absolute Gasteiger partial charge is 0.508 e. The van der Waals surface area contributed by atoms with Crippen LogP contribution in [0, 0.1) is 60.2 Å². The van der Waals surface area contributed by atoms with Crippen LogP contribution in [0.5, 0.6) is 17.2 Å². The Hall–Kier alpha value is -9.10. The van der Waals surface area contributed by atoms with Gasteiger partial charge >= 0.3 is 0 Å². The van der Waals surface area contributed by atoms with Gasteiger partial charge in [0.25, 0.3) is 0 Å². The van der Waals surface area contributed by atoms with E-state index >= 15 is 0 Å². The second-order valence-corrected chi connectivity index (χ2v) is 33.3. The van der Waals surface area contributed by atoms with E-state index in [0.717, 1.165) is 82.0 Å². The molecule has 10 aromatic carbocycles. The summed E-state index contributed by atoms with van der Waals surface area (Å²) in [5.41, 5.74) is 22.1. The number of para-hydroxylation sites is 2. The van der Waals surface area contributed by atoms with Crippen LogP contribution in [-0.4, -0.2) is 26.5 Å². The van der Waals surface area contributed by atoms with Gasteiger partial charge in [-0.15, -0.1) is 0 Å². The first-order valence-corrected chi connectivity index (χ1v) is 38.4. The highest BCUT2D eigenvalue weighted by atomic mass is 16.3. The minimum absolute atomic E-state index is 0.0766. The van der Waals surface area contributed by atoms with E-state index in [1.165, 1.54) is 119 Å². The van der Waals surface area contributed by atoms with Gasteiger partial charge in [-0.25, -0.2) is 0 Å². The topological polar surface area (TPSA) is 87.4 Å². The van der Waals surface area contributed by atoms with Crippen LogP contribution in [0.25, 0.3) is 11.1 Å². The third-order valence-corrected chi connectivity index (χ3v) is 25.6. The molecule has 0 aliphatic heterocycles.